The van der Waals surface area contributed by atoms with E-state index in [-0.39, 0.29) is 24.9 Å². The first kappa shape index (κ1) is 22.2. The average molecular weight is 399 g/mol. The number of anilines is 1. The van der Waals surface area contributed by atoms with Crippen molar-refractivity contribution in [3.63, 3.8) is 0 Å². The molecule has 0 bridgehead atoms. The number of carbonyl (C=O) groups is 2. The van der Waals surface area contributed by atoms with Crippen LogP contribution in [0.15, 0.2) is 36.4 Å². The highest BCUT2D eigenvalue weighted by Gasteiger charge is 2.13. The maximum absolute atomic E-state index is 12.2. The van der Waals surface area contributed by atoms with Crippen LogP contribution in [0.2, 0.25) is 0 Å². The molecule has 0 unspecified atom stereocenters. The van der Waals surface area contributed by atoms with Crippen LogP contribution in [0.5, 0.6) is 11.5 Å². The van der Waals surface area contributed by atoms with E-state index in [4.69, 9.17) is 9.47 Å². The number of methoxy groups -OCH3 is 2. The maximum atomic E-state index is 12.2. The summed E-state index contributed by atoms with van der Waals surface area (Å²) in [5.74, 6) is 0.812. The topological polar surface area (TPSA) is 79.9 Å². The minimum atomic E-state index is -0.315. The van der Waals surface area contributed by atoms with Gasteiger partial charge in [0.2, 0.25) is 11.8 Å². The lowest BCUT2D eigenvalue weighted by Crippen LogP contribution is -2.39. The van der Waals surface area contributed by atoms with E-state index in [1.807, 2.05) is 56.1 Å². The van der Waals surface area contributed by atoms with E-state index >= 15 is 0 Å². The van der Waals surface area contributed by atoms with Gasteiger partial charge in [-0.1, -0.05) is 23.8 Å². The minimum Gasteiger partial charge on any atom is -0.496 e. The van der Waals surface area contributed by atoms with Crippen molar-refractivity contribution < 1.29 is 19.1 Å². The minimum absolute atomic E-state index is 0.114. The third kappa shape index (κ3) is 6.80. The second kappa shape index (κ2) is 10.5. The van der Waals surface area contributed by atoms with E-state index in [9.17, 15) is 9.59 Å². The van der Waals surface area contributed by atoms with Crippen molar-refractivity contribution in [1.82, 2.24) is 10.2 Å². The molecule has 0 fully saturated rings. The summed E-state index contributed by atoms with van der Waals surface area (Å²) >= 11 is 0. The Morgan fingerprint density at radius 3 is 2.21 bits per heavy atom. The molecule has 2 amide bonds. The van der Waals surface area contributed by atoms with Gasteiger partial charge >= 0.3 is 0 Å². The SMILES string of the molecule is COc1ccc(C)cc1CN(C)CC(=O)NCC(=O)Nc1cc(C)ccc1OC. The van der Waals surface area contributed by atoms with Gasteiger partial charge in [-0.05, 0) is 44.7 Å². The van der Waals surface area contributed by atoms with E-state index in [1.165, 1.54) is 0 Å². The molecule has 0 saturated heterocycles. The van der Waals surface area contributed by atoms with Crippen molar-refractivity contribution in [2.24, 2.45) is 0 Å². The van der Waals surface area contributed by atoms with Gasteiger partial charge in [0.25, 0.3) is 0 Å². The van der Waals surface area contributed by atoms with E-state index in [1.54, 1.807) is 20.3 Å². The average Bonchev–Trinajstić information content (AvgIpc) is 2.66. The Morgan fingerprint density at radius 2 is 1.55 bits per heavy atom. The molecule has 156 valence electrons. The van der Waals surface area contributed by atoms with Gasteiger partial charge in [-0.3, -0.25) is 14.5 Å². The molecule has 0 aliphatic carbocycles. The zero-order valence-electron chi connectivity index (χ0n) is 17.7. The lowest BCUT2D eigenvalue weighted by atomic mass is 10.1. The summed E-state index contributed by atoms with van der Waals surface area (Å²) in [5, 5.41) is 5.41. The number of benzene rings is 2. The standard InChI is InChI=1S/C22H29N3O4/c1-15-6-8-19(28-4)17(10-15)13-25(3)14-22(27)23-12-21(26)24-18-11-16(2)7-9-20(18)29-5/h6-11H,12-14H2,1-5H3,(H,23,27)(H,24,26). The van der Waals surface area contributed by atoms with Gasteiger partial charge in [-0.15, -0.1) is 0 Å². The third-order valence-electron chi connectivity index (χ3n) is 4.36. The predicted octanol–water partition coefficient (Wildman–Crippen LogP) is 2.51. The molecule has 0 aliphatic heterocycles. The predicted molar refractivity (Wildman–Crippen MR) is 113 cm³/mol. The summed E-state index contributed by atoms with van der Waals surface area (Å²) in [5.41, 5.74) is 3.71. The van der Waals surface area contributed by atoms with Crippen LogP contribution in [0.25, 0.3) is 0 Å². The maximum Gasteiger partial charge on any atom is 0.243 e. The molecule has 0 saturated carbocycles. The van der Waals surface area contributed by atoms with Gasteiger partial charge in [0, 0.05) is 12.1 Å². The van der Waals surface area contributed by atoms with Crippen LogP contribution in [0.3, 0.4) is 0 Å². The number of aryl methyl sites for hydroxylation is 2. The van der Waals surface area contributed by atoms with E-state index in [2.05, 4.69) is 10.6 Å². The normalized spacial score (nSPS) is 10.6. The molecule has 0 aromatic heterocycles. The first-order chi connectivity index (χ1) is 13.8. The zero-order chi connectivity index (χ0) is 21.4. The molecule has 2 aromatic rings. The van der Waals surface area contributed by atoms with Crippen LogP contribution >= 0.6 is 0 Å². The van der Waals surface area contributed by atoms with Crippen LogP contribution in [-0.2, 0) is 16.1 Å². The smallest absolute Gasteiger partial charge is 0.243 e. The number of nitrogens with one attached hydrogen (secondary N) is 2. The van der Waals surface area contributed by atoms with Crippen molar-refractivity contribution in [3.8, 4) is 11.5 Å². The summed E-state index contributed by atoms with van der Waals surface area (Å²) in [6.07, 6.45) is 0. The molecule has 0 spiro atoms. The molecule has 0 radical (unpaired) electrons. The Labute approximate surface area is 172 Å². The number of rotatable bonds is 9. The Morgan fingerprint density at radius 1 is 0.931 bits per heavy atom. The third-order valence-corrected chi connectivity index (χ3v) is 4.36. The van der Waals surface area contributed by atoms with Crippen LogP contribution in [0.1, 0.15) is 16.7 Å². The number of amides is 2. The second-order valence-electron chi connectivity index (χ2n) is 7.02. The fourth-order valence-electron chi connectivity index (χ4n) is 2.97. The van der Waals surface area contributed by atoms with Crippen molar-refractivity contribution in [2.75, 3.05) is 39.7 Å². The molecular formula is C22H29N3O4. The van der Waals surface area contributed by atoms with Crippen LogP contribution in [0.4, 0.5) is 5.69 Å². The van der Waals surface area contributed by atoms with Crippen molar-refractivity contribution in [2.45, 2.75) is 20.4 Å². The molecule has 7 nitrogen and oxygen atoms in total. The molecule has 2 N–H and O–H groups in total. The monoisotopic (exact) mass is 399 g/mol. The van der Waals surface area contributed by atoms with Crippen molar-refractivity contribution in [1.29, 1.82) is 0 Å². The number of ether oxygens (including phenoxy) is 2. The number of carbonyl (C=O) groups excluding carboxylic acids is 2. The van der Waals surface area contributed by atoms with E-state index < -0.39 is 0 Å². The van der Waals surface area contributed by atoms with Gasteiger partial charge in [0.1, 0.15) is 11.5 Å². The number of hydrogen-bond donors (Lipinski definition) is 2. The molecule has 29 heavy (non-hydrogen) atoms. The highest BCUT2D eigenvalue weighted by molar-refractivity contribution is 5.96. The summed E-state index contributed by atoms with van der Waals surface area (Å²) in [7, 11) is 5.02. The molecule has 0 heterocycles. The molecule has 7 heteroatoms. The van der Waals surface area contributed by atoms with Crippen LogP contribution < -0.4 is 20.1 Å². The quantitative estimate of drug-likeness (QED) is 0.677. The fraction of sp³-hybridized carbons (Fsp3) is 0.364. The summed E-state index contributed by atoms with van der Waals surface area (Å²) in [6, 6.07) is 11.4. The Kier molecular flexibility index (Phi) is 8.03. The highest BCUT2D eigenvalue weighted by Crippen LogP contribution is 2.25. The lowest BCUT2D eigenvalue weighted by molar-refractivity contribution is -0.124. The summed E-state index contributed by atoms with van der Waals surface area (Å²) in [6.45, 7) is 4.55. The Hall–Kier alpha value is -3.06. The zero-order valence-corrected chi connectivity index (χ0v) is 17.7. The molecule has 0 aliphatic rings. The lowest BCUT2D eigenvalue weighted by Gasteiger charge is -2.18. The summed E-state index contributed by atoms with van der Waals surface area (Å²) < 4.78 is 10.6. The highest BCUT2D eigenvalue weighted by atomic mass is 16.5. The van der Waals surface area contributed by atoms with Gasteiger partial charge in [-0.25, -0.2) is 0 Å². The van der Waals surface area contributed by atoms with Crippen LogP contribution in [-0.4, -0.2) is 51.1 Å². The van der Waals surface area contributed by atoms with E-state index in [0.717, 1.165) is 22.4 Å². The Balaban J connectivity index is 1.84. The molecular weight excluding hydrogens is 370 g/mol. The molecule has 2 aromatic carbocycles. The second-order valence-corrected chi connectivity index (χ2v) is 7.02. The number of likely N-dealkylation sites (N-methyl/N-ethyl adjacent to an activating group) is 1. The van der Waals surface area contributed by atoms with E-state index in [0.29, 0.717) is 18.0 Å². The first-order valence-electron chi connectivity index (χ1n) is 9.35. The van der Waals surface area contributed by atoms with Gasteiger partial charge in [0.15, 0.2) is 0 Å². The van der Waals surface area contributed by atoms with Gasteiger partial charge in [-0.2, -0.15) is 0 Å². The van der Waals surface area contributed by atoms with Gasteiger partial charge in [0.05, 0.1) is 33.0 Å². The molecule has 2 rings (SSSR count). The van der Waals surface area contributed by atoms with Crippen molar-refractivity contribution >= 4 is 17.5 Å². The van der Waals surface area contributed by atoms with Crippen molar-refractivity contribution in [3.05, 3.63) is 53.1 Å². The fourth-order valence-corrected chi connectivity index (χ4v) is 2.97. The molecule has 0 atom stereocenters. The Bertz CT molecular complexity index is 867. The number of hydrogen-bond acceptors (Lipinski definition) is 5. The van der Waals surface area contributed by atoms with Crippen LogP contribution in [0, 0.1) is 13.8 Å². The van der Waals surface area contributed by atoms with Gasteiger partial charge < -0.3 is 20.1 Å². The number of nitrogens with zero attached hydrogens (tertiary/aromatic N) is 1. The largest absolute Gasteiger partial charge is 0.496 e. The first-order valence-corrected chi connectivity index (χ1v) is 9.35. The summed E-state index contributed by atoms with van der Waals surface area (Å²) in [4.78, 5) is 26.3.